The van der Waals surface area contributed by atoms with Crippen LogP contribution in [0.4, 0.5) is 0 Å². The van der Waals surface area contributed by atoms with Gasteiger partial charge >= 0.3 is 0 Å². The molecule has 0 atom stereocenters. The highest BCUT2D eigenvalue weighted by atomic mass is 79.9. The van der Waals surface area contributed by atoms with Crippen molar-refractivity contribution in [1.82, 2.24) is 9.97 Å². The number of aromatic amines is 1. The van der Waals surface area contributed by atoms with Crippen molar-refractivity contribution in [3.8, 4) is 0 Å². The number of hydrogen-bond donors (Lipinski definition) is 1. The van der Waals surface area contributed by atoms with Crippen LogP contribution in [-0.2, 0) is 0 Å². The van der Waals surface area contributed by atoms with Gasteiger partial charge in [0.15, 0.2) is 5.78 Å². The molecule has 0 saturated heterocycles. The zero-order valence-corrected chi connectivity index (χ0v) is 13.4. The predicted octanol–water partition coefficient (Wildman–Crippen LogP) is 4.68. The molecule has 0 fully saturated rings. The van der Waals surface area contributed by atoms with E-state index in [2.05, 4.69) is 39.7 Å². The minimum Gasteiger partial charge on any atom is -0.345 e. The maximum Gasteiger partial charge on any atom is 0.195 e. The molecule has 0 amide bonds. The van der Waals surface area contributed by atoms with Crippen LogP contribution in [0.15, 0.2) is 47.2 Å². The van der Waals surface area contributed by atoms with Gasteiger partial charge < -0.3 is 4.98 Å². The van der Waals surface area contributed by atoms with Gasteiger partial charge in [0.05, 0.1) is 0 Å². The van der Waals surface area contributed by atoms with Crippen LogP contribution >= 0.6 is 15.9 Å². The van der Waals surface area contributed by atoms with Crippen molar-refractivity contribution < 1.29 is 4.79 Å². The summed E-state index contributed by atoms with van der Waals surface area (Å²) in [4.78, 5) is 20.0. The molecule has 3 nitrogen and oxygen atoms in total. The number of carbonyl (C=O) groups is 1. The lowest BCUT2D eigenvalue weighted by atomic mass is 9.98. The quantitative estimate of drug-likeness (QED) is 0.702. The molecule has 3 rings (SSSR count). The Morgan fingerprint density at radius 3 is 2.62 bits per heavy atom. The summed E-state index contributed by atoms with van der Waals surface area (Å²) in [5.41, 5.74) is 3.30. The van der Waals surface area contributed by atoms with Crippen LogP contribution in [0.2, 0.25) is 0 Å². The van der Waals surface area contributed by atoms with Crippen LogP contribution in [-0.4, -0.2) is 15.8 Å². The maximum absolute atomic E-state index is 12.7. The molecule has 0 saturated carbocycles. The van der Waals surface area contributed by atoms with Crippen LogP contribution in [0.1, 0.15) is 41.3 Å². The third-order valence-electron chi connectivity index (χ3n) is 3.58. The lowest BCUT2D eigenvalue weighted by Crippen LogP contribution is -2.01. The Kier molecular flexibility index (Phi) is 3.64. The Labute approximate surface area is 131 Å². The minimum absolute atomic E-state index is 0.0106. The lowest BCUT2D eigenvalue weighted by molar-refractivity contribution is 0.104. The summed E-state index contributed by atoms with van der Waals surface area (Å²) in [6, 6.07) is 9.72. The number of rotatable bonds is 3. The summed E-state index contributed by atoms with van der Waals surface area (Å²) in [6.07, 6.45) is 3.44. The number of aromatic nitrogens is 2. The van der Waals surface area contributed by atoms with Crippen LogP contribution in [0.3, 0.4) is 0 Å². The van der Waals surface area contributed by atoms with Gasteiger partial charge in [-0.3, -0.25) is 4.79 Å². The topological polar surface area (TPSA) is 45.8 Å². The number of ketones is 1. The van der Waals surface area contributed by atoms with Crippen LogP contribution in [0, 0.1) is 0 Å². The molecule has 0 bridgehead atoms. The molecule has 1 aromatic carbocycles. The van der Waals surface area contributed by atoms with E-state index in [0.29, 0.717) is 17.0 Å². The van der Waals surface area contributed by atoms with E-state index >= 15 is 0 Å². The summed E-state index contributed by atoms with van der Waals surface area (Å²) < 4.78 is 0.860. The number of hydrogen-bond acceptors (Lipinski definition) is 2. The van der Waals surface area contributed by atoms with Crippen molar-refractivity contribution in [2.24, 2.45) is 0 Å². The maximum atomic E-state index is 12.7. The molecule has 0 radical (unpaired) electrons. The molecule has 4 heteroatoms. The van der Waals surface area contributed by atoms with E-state index in [-0.39, 0.29) is 5.78 Å². The molecule has 21 heavy (non-hydrogen) atoms. The van der Waals surface area contributed by atoms with Gasteiger partial charge in [0.2, 0.25) is 0 Å². The predicted molar refractivity (Wildman–Crippen MR) is 87.8 cm³/mol. The first kappa shape index (κ1) is 14.0. The standard InChI is InChI=1S/C17H15BrN2O/c1-10(2)11-3-5-12(6-4-11)16(21)15-9-20-17-14(15)7-13(18)8-19-17/h3-10H,1-2H3,(H,19,20). The van der Waals surface area contributed by atoms with E-state index in [1.807, 2.05) is 30.3 Å². The van der Waals surface area contributed by atoms with Gasteiger partial charge in [-0.15, -0.1) is 0 Å². The fraction of sp³-hybridized carbons (Fsp3) is 0.176. The summed E-state index contributed by atoms with van der Waals surface area (Å²) in [5.74, 6) is 0.471. The Morgan fingerprint density at radius 2 is 1.95 bits per heavy atom. The number of nitrogens with one attached hydrogen (secondary N) is 1. The molecule has 2 aromatic heterocycles. The normalized spacial score (nSPS) is 11.2. The molecular formula is C17H15BrN2O. The van der Waals surface area contributed by atoms with Crippen molar-refractivity contribution >= 4 is 32.7 Å². The molecule has 0 unspecified atom stereocenters. The van der Waals surface area contributed by atoms with Gasteiger partial charge in [-0.25, -0.2) is 4.98 Å². The van der Waals surface area contributed by atoms with E-state index in [1.165, 1.54) is 5.56 Å². The molecule has 0 aliphatic carbocycles. The monoisotopic (exact) mass is 342 g/mol. The van der Waals surface area contributed by atoms with Gasteiger partial charge in [-0.05, 0) is 33.5 Å². The highest BCUT2D eigenvalue weighted by Crippen LogP contribution is 2.23. The second kappa shape index (κ2) is 5.45. The Hall–Kier alpha value is -1.94. The first-order chi connectivity index (χ1) is 10.1. The second-order valence-corrected chi connectivity index (χ2v) is 6.27. The summed E-state index contributed by atoms with van der Waals surface area (Å²) in [5, 5.41) is 0.835. The molecule has 3 aromatic rings. The van der Waals surface area contributed by atoms with Crippen LogP contribution in [0.25, 0.3) is 11.0 Å². The number of pyridine rings is 1. The highest BCUT2D eigenvalue weighted by Gasteiger charge is 2.15. The van der Waals surface area contributed by atoms with Gasteiger partial charge in [0.1, 0.15) is 5.65 Å². The number of carbonyl (C=O) groups excluding carboxylic acids is 1. The second-order valence-electron chi connectivity index (χ2n) is 5.36. The fourth-order valence-corrected chi connectivity index (χ4v) is 2.67. The molecule has 0 spiro atoms. The van der Waals surface area contributed by atoms with Crippen molar-refractivity contribution in [2.45, 2.75) is 19.8 Å². The zero-order valence-electron chi connectivity index (χ0n) is 11.9. The average Bonchev–Trinajstić information content (AvgIpc) is 2.89. The number of benzene rings is 1. The van der Waals surface area contributed by atoms with Gasteiger partial charge in [0.25, 0.3) is 0 Å². The van der Waals surface area contributed by atoms with E-state index < -0.39 is 0 Å². The first-order valence-electron chi connectivity index (χ1n) is 6.83. The summed E-state index contributed by atoms with van der Waals surface area (Å²) in [7, 11) is 0. The SMILES string of the molecule is CC(C)c1ccc(C(=O)c2c[nH]c3ncc(Br)cc23)cc1. The molecule has 1 N–H and O–H groups in total. The van der Waals surface area contributed by atoms with Gasteiger partial charge in [-0.1, -0.05) is 38.1 Å². The van der Waals surface area contributed by atoms with Crippen molar-refractivity contribution in [3.63, 3.8) is 0 Å². The van der Waals surface area contributed by atoms with Crippen LogP contribution in [0.5, 0.6) is 0 Å². The Balaban J connectivity index is 2.02. The first-order valence-corrected chi connectivity index (χ1v) is 7.63. The van der Waals surface area contributed by atoms with Gasteiger partial charge in [-0.2, -0.15) is 0 Å². The molecule has 106 valence electrons. The van der Waals surface area contributed by atoms with Crippen molar-refractivity contribution in [1.29, 1.82) is 0 Å². The third-order valence-corrected chi connectivity index (χ3v) is 4.02. The Bertz CT molecular complexity index is 803. The minimum atomic E-state index is 0.0106. The third kappa shape index (κ3) is 2.63. The van der Waals surface area contributed by atoms with Crippen LogP contribution < -0.4 is 0 Å². The zero-order chi connectivity index (χ0) is 15.0. The smallest absolute Gasteiger partial charge is 0.195 e. The number of nitrogens with zero attached hydrogens (tertiary/aromatic N) is 1. The van der Waals surface area contributed by atoms with Crippen molar-refractivity contribution in [2.75, 3.05) is 0 Å². The van der Waals surface area contributed by atoms with E-state index in [9.17, 15) is 4.79 Å². The van der Waals surface area contributed by atoms with E-state index in [1.54, 1.807) is 12.4 Å². The molecular weight excluding hydrogens is 328 g/mol. The molecule has 0 aliphatic heterocycles. The summed E-state index contributed by atoms with van der Waals surface area (Å²) >= 11 is 3.39. The summed E-state index contributed by atoms with van der Waals surface area (Å²) in [6.45, 7) is 4.28. The van der Waals surface area contributed by atoms with Gasteiger partial charge in [0, 0.05) is 33.4 Å². The molecule has 2 heterocycles. The fourth-order valence-electron chi connectivity index (χ4n) is 2.34. The number of halogens is 1. The lowest BCUT2D eigenvalue weighted by Gasteiger charge is -2.06. The van der Waals surface area contributed by atoms with E-state index in [0.717, 1.165) is 15.5 Å². The number of H-pyrrole nitrogens is 1. The number of fused-ring (bicyclic) bond motifs is 1. The molecule has 0 aliphatic rings. The van der Waals surface area contributed by atoms with Crippen molar-refractivity contribution in [3.05, 3.63) is 63.9 Å². The highest BCUT2D eigenvalue weighted by molar-refractivity contribution is 9.10. The largest absolute Gasteiger partial charge is 0.345 e. The Morgan fingerprint density at radius 1 is 1.24 bits per heavy atom. The van der Waals surface area contributed by atoms with E-state index in [4.69, 9.17) is 0 Å². The average molecular weight is 343 g/mol.